The highest BCUT2D eigenvalue weighted by molar-refractivity contribution is 7.18. The average molecular weight is 227 g/mol. The third-order valence-corrected chi connectivity index (χ3v) is 3.75. The lowest BCUT2D eigenvalue weighted by Crippen LogP contribution is -2.06. The molecule has 3 rings (SSSR count). The Morgan fingerprint density at radius 2 is 2.36 bits per heavy atom. The van der Waals surface area contributed by atoms with Crippen LogP contribution in [0.25, 0.3) is 10.2 Å². The molecule has 2 aromatic rings. The number of halogens is 1. The summed E-state index contributed by atoms with van der Waals surface area (Å²) in [5, 5.41) is 1.59. The monoisotopic (exact) mass is 226 g/mol. The van der Waals surface area contributed by atoms with E-state index in [2.05, 4.69) is 9.97 Å². The average Bonchev–Trinajstić information content (AvgIpc) is 2.57. The zero-order chi connectivity index (χ0) is 9.54. The van der Waals surface area contributed by atoms with Crippen molar-refractivity contribution in [3.63, 3.8) is 0 Å². The highest BCUT2D eigenvalue weighted by Gasteiger charge is 2.19. The summed E-state index contributed by atoms with van der Waals surface area (Å²) in [5.41, 5.74) is 1.28. The fourth-order valence-electron chi connectivity index (χ4n) is 1.72. The molecule has 1 aliphatic rings. The van der Waals surface area contributed by atoms with Gasteiger partial charge in [0, 0.05) is 4.88 Å². The van der Waals surface area contributed by atoms with Crippen LogP contribution in [-0.4, -0.2) is 16.6 Å². The van der Waals surface area contributed by atoms with Gasteiger partial charge in [0.25, 0.3) is 0 Å². The number of nitrogens with zero attached hydrogens (tertiary/aromatic N) is 2. The van der Waals surface area contributed by atoms with Crippen LogP contribution in [-0.2, 0) is 17.8 Å². The number of hydrogen-bond acceptors (Lipinski definition) is 4. The second-order valence-electron chi connectivity index (χ2n) is 3.15. The first-order chi connectivity index (χ1) is 6.86. The van der Waals surface area contributed by atoms with Crippen LogP contribution in [0.5, 0.6) is 0 Å². The van der Waals surface area contributed by atoms with E-state index in [1.807, 2.05) is 0 Å². The predicted octanol–water partition coefficient (Wildman–Crippen LogP) is 2.42. The summed E-state index contributed by atoms with van der Waals surface area (Å²) >= 11 is 7.70. The summed E-state index contributed by atoms with van der Waals surface area (Å²) in [6, 6.07) is 0. The van der Waals surface area contributed by atoms with E-state index in [1.54, 1.807) is 11.3 Å². The molecule has 1 aliphatic heterocycles. The lowest BCUT2D eigenvalue weighted by molar-refractivity contribution is 0.114. The number of hydrogen-bond donors (Lipinski definition) is 0. The van der Waals surface area contributed by atoms with Crippen molar-refractivity contribution in [1.82, 2.24) is 9.97 Å². The normalized spacial score (nSPS) is 15.8. The SMILES string of the molecule is Clc1ncnc2sc3c(c12)CCOC3. The van der Waals surface area contributed by atoms with Crippen molar-refractivity contribution in [1.29, 1.82) is 0 Å². The zero-order valence-electron chi connectivity index (χ0n) is 7.29. The molecule has 5 heteroatoms. The second kappa shape index (κ2) is 3.15. The summed E-state index contributed by atoms with van der Waals surface area (Å²) in [7, 11) is 0. The maximum atomic E-state index is 6.05. The molecule has 0 saturated heterocycles. The molecule has 3 nitrogen and oxygen atoms in total. The maximum absolute atomic E-state index is 6.05. The van der Waals surface area contributed by atoms with Crippen LogP contribution in [0.15, 0.2) is 6.33 Å². The van der Waals surface area contributed by atoms with Crippen molar-refractivity contribution < 1.29 is 4.74 Å². The molecule has 2 aromatic heterocycles. The fourth-order valence-corrected chi connectivity index (χ4v) is 3.15. The molecule has 0 N–H and O–H groups in total. The van der Waals surface area contributed by atoms with Crippen molar-refractivity contribution in [2.45, 2.75) is 13.0 Å². The van der Waals surface area contributed by atoms with Crippen molar-refractivity contribution in [2.75, 3.05) is 6.61 Å². The van der Waals surface area contributed by atoms with Crippen molar-refractivity contribution in [2.24, 2.45) is 0 Å². The van der Waals surface area contributed by atoms with E-state index in [1.165, 1.54) is 16.8 Å². The zero-order valence-corrected chi connectivity index (χ0v) is 8.86. The Hall–Kier alpha value is -0.710. The van der Waals surface area contributed by atoms with Gasteiger partial charge in [0.15, 0.2) is 0 Å². The number of ether oxygens (including phenoxy) is 1. The highest BCUT2D eigenvalue weighted by atomic mass is 35.5. The molecule has 0 aliphatic carbocycles. The predicted molar refractivity (Wildman–Crippen MR) is 55.8 cm³/mol. The van der Waals surface area contributed by atoms with Gasteiger partial charge in [-0.15, -0.1) is 11.3 Å². The molecule has 14 heavy (non-hydrogen) atoms. The largest absolute Gasteiger partial charge is 0.376 e. The van der Waals surface area contributed by atoms with Crippen molar-refractivity contribution in [3.8, 4) is 0 Å². The Morgan fingerprint density at radius 1 is 1.43 bits per heavy atom. The summed E-state index contributed by atoms with van der Waals surface area (Å²) in [5.74, 6) is 0. The third kappa shape index (κ3) is 1.15. The molecule has 0 aromatic carbocycles. The van der Waals surface area contributed by atoms with E-state index >= 15 is 0 Å². The van der Waals surface area contributed by atoms with Crippen LogP contribution < -0.4 is 0 Å². The minimum atomic E-state index is 0.564. The molecule has 3 heterocycles. The Bertz CT molecular complexity index is 497. The fraction of sp³-hybridized carbons (Fsp3) is 0.333. The first kappa shape index (κ1) is 8.59. The quantitative estimate of drug-likeness (QED) is 0.647. The summed E-state index contributed by atoms with van der Waals surface area (Å²) < 4.78 is 5.38. The molecule has 72 valence electrons. The molecular formula is C9H7ClN2OS. The molecule has 0 saturated carbocycles. The van der Waals surface area contributed by atoms with Crippen LogP contribution in [0.1, 0.15) is 10.4 Å². The standard InChI is InChI=1S/C9H7ClN2OS/c10-8-7-5-1-2-13-3-6(5)14-9(7)12-4-11-8/h4H,1-3H2. The van der Waals surface area contributed by atoms with E-state index in [9.17, 15) is 0 Å². The summed E-state index contributed by atoms with van der Waals surface area (Å²) in [6.07, 6.45) is 2.43. The Balaban J connectivity index is 2.38. The molecular weight excluding hydrogens is 220 g/mol. The van der Waals surface area contributed by atoms with Gasteiger partial charge in [0.2, 0.25) is 0 Å². The van der Waals surface area contributed by atoms with E-state index in [-0.39, 0.29) is 0 Å². The van der Waals surface area contributed by atoms with Crippen molar-refractivity contribution >= 4 is 33.2 Å². The van der Waals surface area contributed by atoms with Gasteiger partial charge in [0.1, 0.15) is 16.3 Å². The number of thiophene rings is 1. The molecule has 0 amide bonds. The van der Waals surface area contributed by atoms with Crippen LogP contribution in [0, 0.1) is 0 Å². The smallest absolute Gasteiger partial charge is 0.141 e. The van der Waals surface area contributed by atoms with Gasteiger partial charge >= 0.3 is 0 Å². The second-order valence-corrected chi connectivity index (χ2v) is 4.59. The molecule has 0 unspecified atom stereocenters. The minimum absolute atomic E-state index is 0.564. The van der Waals surface area contributed by atoms with Gasteiger partial charge in [-0.25, -0.2) is 9.97 Å². The first-order valence-corrected chi connectivity index (χ1v) is 5.54. The first-order valence-electron chi connectivity index (χ1n) is 4.35. The number of fused-ring (bicyclic) bond motifs is 3. The topological polar surface area (TPSA) is 35.0 Å². The summed E-state index contributed by atoms with van der Waals surface area (Å²) in [6.45, 7) is 1.46. The Kier molecular flexibility index (Phi) is 1.93. The van der Waals surface area contributed by atoms with Crippen LogP contribution in [0.3, 0.4) is 0 Å². The summed E-state index contributed by atoms with van der Waals surface area (Å²) in [4.78, 5) is 10.4. The van der Waals surface area contributed by atoms with Gasteiger partial charge in [-0.1, -0.05) is 11.6 Å². The van der Waals surface area contributed by atoms with Crippen molar-refractivity contribution in [3.05, 3.63) is 21.9 Å². The van der Waals surface area contributed by atoms with Gasteiger partial charge < -0.3 is 4.74 Å². The Morgan fingerprint density at radius 3 is 3.29 bits per heavy atom. The molecule has 0 bridgehead atoms. The van der Waals surface area contributed by atoms with E-state index in [4.69, 9.17) is 16.3 Å². The number of aromatic nitrogens is 2. The van der Waals surface area contributed by atoms with E-state index in [0.717, 1.165) is 23.2 Å². The van der Waals surface area contributed by atoms with Gasteiger partial charge in [-0.3, -0.25) is 0 Å². The molecule has 0 radical (unpaired) electrons. The van der Waals surface area contributed by atoms with Crippen LogP contribution in [0.4, 0.5) is 0 Å². The molecule has 0 atom stereocenters. The van der Waals surface area contributed by atoms with E-state index < -0.39 is 0 Å². The van der Waals surface area contributed by atoms with Crippen LogP contribution >= 0.6 is 22.9 Å². The van der Waals surface area contributed by atoms with Crippen LogP contribution in [0.2, 0.25) is 5.15 Å². The van der Waals surface area contributed by atoms with Gasteiger partial charge in [-0.2, -0.15) is 0 Å². The molecule has 0 fully saturated rings. The Labute approximate surface area is 89.7 Å². The lowest BCUT2D eigenvalue weighted by atomic mass is 10.1. The number of rotatable bonds is 0. The van der Waals surface area contributed by atoms with Gasteiger partial charge in [-0.05, 0) is 12.0 Å². The third-order valence-electron chi connectivity index (χ3n) is 2.35. The minimum Gasteiger partial charge on any atom is -0.376 e. The van der Waals surface area contributed by atoms with Gasteiger partial charge in [0.05, 0.1) is 18.6 Å². The maximum Gasteiger partial charge on any atom is 0.141 e. The molecule has 0 spiro atoms. The lowest BCUT2D eigenvalue weighted by Gasteiger charge is -2.11. The van der Waals surface area contributed by atoms with E-state index in [0.29, 0.717) is 11.8 Å². The highest BCUT2D eigenvalue weighted by Crippen LogP contribution is 2.35.